The number of hydrogen-bond donors (Lipinski definition) is 2. The molecule has 0 spiro atoms. The van der Waals surface area contributed by atoms with E-state index in [1.807, 2.05) is 0 Å². The molecule has 0 bridgehead atoms. The van der Waals surface area contributed by atoms with Crippen molar-refractivity contribution >= 4 is 28.7 Å². The van der Waals surface area contributed by atoms with E-state index in [0.29, 0.717) is 22.7 Å². The van der Waals surface area contributed by atoms with Gasteiger partial charge in [0.05, 0.1) is 23.4 Å². The number of rotatable bonds is 7. The van der Waals surface area contributed by atoms with Crippen molar-refractivity contribution in [1.82, 2.24) is 0 Å². The van der Waals surface area contributed by atoms with E-state index in [0.717, 1.165) is 5.56 Å². The molecule has 136 valence electrons. The summed E-state index contributed by atoms with van der Waals surface area (Å²) in [5.41, 5.74) is 2.44. The Balaban J connectivity index is 2.36. The highest BCUT2D eigenvalue weighted by Crippen LogP contribution is 2.35. The molecule has 9 nitrogen and oxygen atoms in total. The summed E-state index contributed by atoms with van der Waals surface area (Å²) in [6, 6.07) is 7.95. The maximum atomic E-state index is 11.2. The van der Waals surface area contributed by atoms with Crippen LogP contribution in [-0.2, 0) is 4.79 Å². The summed E-state index contributed by atoms with van der Waals surface area (Å²) in [7, 11) is 1.45. The molecule has 2 aromatic carbocycles. The lowest BCUT2D eigenvalue weighted by Crippen LogP contribution is -2.13. The van der Waals surface area contributed by atoms with Gasteiger partial charge in [0.25, 0.3) is 5.69 Å². The zero-order valence-corrected chi connectivity index (χ0v) is 14.5. The zero-order valence-electron chi connectivity index (χ0n) is 14.5. The van der Waals surface area contributed by atoms with E-state index >= 15 is 0 Å². The van der Waals surface area contributed by atoms with Gasteiger partial charge in [-0.15, -0.1) is 10.2 Å². The van der Waals surface area contributed by atoms with Crippen LogP contribution in [0.1, 0.15) is 11.1 Å². The number of carbonyl (C=O) groups is 1. The number of carboxylic acids is 1. The van der Waals surface area contributed by atoms with E-state index in [4.69, 9.17) is 9.84 Å². The smallest absolute Gasteiger partial charge is 0.322 e. The highest BCUT2D eigenvalue weighted by Gasteiger charge is 2.14. The van der Waals surface area contributed by atoms with Crippen LogP contribution in [0.3, 0.4) is 0 Å². The van der Waals surface area contributed by atoms with Crippen LogP contribution in [0.2, 0.25) is 0 Å². The molecule has 0 radical (unpaired) electrons. The molecule has 26 heavy (non-hydrogen) atoms. The normalized spacial score (nSPS) is 10.7. The van der Waals surface area contributed by atoms with E-state index in [9.17, 15) is 14.9 Å². The molecule has 0 amide bonds. The van der Waals surface area contributed by atoms with Crippen molar-refractivity contribution in [2.75, 3.05) is 19.0 Å². The van der Waals surface area contributed by atoms with Crippen LogP contribution in [0.4, 0.5) is 22.7 Å². The number of aliphatic carboxylic acids is 1. The first-order valence-corrected chi connectivity index (χ1v) is 7.63. The minimum Gasteiger partial charge on any atom is -0.495 e. The molecule has 0 saturated heterocycles. The Morgan fingerprint density at radius 1 is 1.23 bits per heavy atom. The van der Waals surface area contributed by atoms with Crippen LogP contribution < -0.4 is 10.1 Å². The van der Waals surface area contributed by atoms with E-state index < -0.39 is 10.9 Å². The van der Waals surface area contributed by atoms with Gasteiger partial charge < -0.3 is 15.2 Å². The molecule has 0 aliphatic heterocycles. The van der Waals surface area contributed by atoms with Crippen LogP contribution in [-0.4, -0.2) is 29.7 Å². The molecule has 0 saturated carbocycles. The predicted molar refractivity (Wildman–Crippen MR) is 95.9 cm³/mol. The molecule has 9 heteroatoms. The first-order valence-electron chi connectivity index (χ1n) is 7.63. The minimum atomic E-state index is -1.000. The zero-order chi connectivity index (χ0) is 19.3. The summed E-state index contributed by atoms with van der Waals surface area (Å²) in [5, 5.41) is 30.8. The Labute approximate surface area is 149 Å². The number of methoxy groups -OCH3 is 1. The first-order chi connectivity index (χ1) is 12.3. The highest BCUT2D eigenvalue weighted by molar-refractivity contribution is 5.75. The Bertz CT molecular complexity index is 880. The van der Waals surface area contributed by atoms with Gasteiger partial charge in [-0.1, -0.05) is 6.07 Å². The number of aryl methyl sites for hydroxylation is 2. The Morgan fingerprint density at radius 3 is 2.54 bits per heavy atom. The highest BCUT2D eigenvalue weighted by atomic mass is 16.6. The molecule has 0 atom stereocenters. The van der Waals surface area contributed by atoms with Crippen LogP contribution in [0, 0.1) is 24.0 Å². The van der Waals surface area contributed by atoms with Gasteiger partial charge in [-0.25, -0.2) is 0 Å². The first kappa shape index (κ1) is 18.8. The maximum absolute atomic E-state index is 11.2. The van der Waals surface area contributed by atoms with Crippen LogP contribution in [0.5, 0.6) is 5.75 Å². The average molecular weight is 358 g/mol. The van der Waals surface area contributed by atoms with Crippen LogP contribution >= 0.6 is 0 Å². The molecular formula is C17H18N4O5. The summed E-state index contributed by atoms with van der Waals surface area (Å²) in [5.74, 6) is -0.607. The van der Waals surface area contributed by atoms with E-state index in [-0.39, 0.29) is 17.9 Å². The van der Waals surface area contributed by atoms with Crippen LogP contribution in [0.15, 0.2) is 40.6 Å². The second kappa shape index (κ2) is 8.06. The molecule has 0 aromatic heterocycles. The fourth-order valence-electron chi connectivity index (χ4n) is 2.23. The monoisotopic (exact) mass is 358 g/mol. The lowest BCUT2D eigenvalue weighted by Gasteiger charge is -2.12. The molecule has 0 unspecified atom stereocenters. The van der Waals surface area contributed by atoms with Crippen molar-refractivity contribution in [3.05, 3.63) is 51.6 Å². The molecular weight excluding hydrogens is 340 g/mol. The maximum Gasteiger partial charge on any atom is 0.322 e. The number of benzene rings is 2. The number of azo groups is 1. The third kappa shape index (κ3) is 4.53. The van der Waals surface area contributed by atoms with Crippen molar-refractivity contribution in [3.63, 3.8) is 0 Å². The largest absolute Gasteiger partial charge is 0.495 e. The third-order valence-corrected chi connectivity index (χ3v) is 3.54. The van der Waals surface area contributed by atoms with E-state index in [1.165, 1.54) is 19.2 Å². The second-order valence-corrected chi connectivity index (χ2v) is 5.54. The molecule has 0 heterocycles. The van der Waals surface area contributed by atoms with Crippen molar-refractivity contribution in [1.29, 1.82) is 0 Å². The lowest BCUT2D eigenvalue weighted by atomic mass is 10.1. The Hall–Kier alpha value is -3.49. The van der Waals surface area contributed by atoms with Gasteiger partial charge in [0.2, 0.25) is 0 Å². The molecule has 2 N–H and O–H groups in total. The SMILES string of the molecule is COc1cc(/N=N/c2ccc(C)cc2[N+](=O)[O-])c(C)cc1NCC(=O)O. The van der Waals surface area contributed by atoms with Crippen molar-refractivity contribution in [2.45, 2.75) is 13.8 Å². The van der Waals surface area contributed by atoms with Gasteiger partial charge in [0, 0.05) is 12.1 Å². The van der Waals surface area contributed by atoms with Gasteiger partial charge in [0.1, 0.15) is 12.3 Å². The van der Waals surface area contributed by atoms with E-state index in [1.54, 1.807) is 32.0 Å². The van der Waals surface area contributed by atoms with Gasteiger partial charge in [-0.05, 0) is 37.1 Å². The standard InChI is InChI=1S/C17H18N4O5/c1-10-4-5-12(15(6-10)21(24)25)19-20-13-8-16(26-3)14(7-11(13)2)18-9-17(22)23/h4-8,18H,9H2,1-3H3,(H,22,23)/b20-19+. The summed E-state index contributed by atoms with van der Waals surface area (Å²) in [4.78, 5) is 21.3. The van der Waals surface area contributed by atoms with Crippen LogP contribution in [0.25, 0.3) is 0 Å². The number of nitro groups is 1. The third-order valence-electron chi connectivity index (χ3n) is 3.54. The molecule has 2 rings (SSSR count). The quantitative estimate of drug-likeness (QED) is 0.435. The number of nitrogens with one attached hydrogen (secondary N) is 1. The van der Waals surface area contributed by atoms with Gasteiger partial charge in [0.15, 0.2) is 5.69 Å². The minimum absolute atomic E-state index is 0.127. The summed E-state index contributed by atoms with van der Waals surface area (Å²) in [6.07, 6.45) is 0. The fourth-order valence-corrected chi connectivity index (χ4v) is 2.23. The molecule has 0 aliphatic carbocycles. The number of ether oxygens (including phenoxy) is 1. The Morgan fingerprint density at radius 2 is 1.92 bits per heavy atom. The van der Waals surface area contributed by atoms with Crippen molar-refractivity contribution in [2.24, 2.45) is 10.2 Å². The second-order valence-electron chi connectivity index (χ2n) is 5.54. The molecule has 0 fully saturated rings. The predicted octanol–water partition coefficient (Wildman–Crippen LogP) is 4.13. The van der Waals surface area contributed by atoms with E-state index in [2.05, 4.69) is 15.5 Å². The number of carboxylic acid groups (broad SMARTS) is 1. The number of nitrogens with zero attached hydrogens (tertiary/aromatic N) is 3. The van der Waals surface area contributed by atoms with Crippen molar-refractivity contribution in [3.8, 4) is 5.75 Å². The number of hydrogen-bond acceptors (Lipinski definition) is 7. The topological polar surface area (TPSA) is 126 Å². The van der Waals surface area contributed by atoms with Crippen molar-refractivity contribution < 1.29 is 19.6 Å². The van der Waals surface area contributed by atoms with Gasteiger partial charge in [-0.3, -0.25) is 14.9 Å². The van der Waals surface area contributed by atoms with Gasteiger partial charge in [-0.2, -0.15) is 0 Å². The van der Waals surface area contributed by atoms with Gasteiger partial charge >= 0.3 is 5.97 Å². The Kier molecular flexibility index (Phi) is 5.84. The fraction of sp³-hybridized carbons (Fsp3) is 0.235. The summed E-state index contributed by atoms with van der Waals surface area (Å²) >= 11 is 0. The number of nitro benzene ring substituents is 1. The molecule has 0 aliphatic rings. The summed E-state index contributed by atoms with van der Waals surface area (Å²) < 4.78 is 5.24. The molecule has 2 aromatic rings. The summed E-state index contributed by atoms with van der Waals surface area (Å²) in [6.45, 7) is 3.27. The number of anilines is 1. The lowest BCUT2D eigenvalue weighted by molar-refractivity contribution is -0.384. The average Bonchev–Trinajstić information content (AvgIpc) is 2.59.